The van der Waals surface area contributed by atoms with Crippen LogP contribution in [0.15, 0.2) is 60.0 Å². The minimum absolute atomic E-state index is 0.0449. The number of rotatable bonds is 3. The van der Waals surface area contributed by atoms with Crippen LogP contribution in [0.25, 0.3) is 11.1 Å². The first-order chi connectivity index (χ1) is 15.6. The van der Waals surface area contributed by atoms with Crippen LogP contribution in [0.4, 0.5) is 17.6 Å². The molecule has 2 N–H and O–H groups in total. The van der Waals surface area contributed by atoms with Crippen molar-refractivity contribution in [2.75, 3.05) is 7.05 Å². The quantitative estimate of drug-likeness (QED) is 0.612. The topological polar surface area (TPSA) is 108 Å². The van der Waals surface area contributed by atoms with Gasteiger partial charge in [0.15, 0.2) is 11.5 Å². The molecule has 33 heavy (non-hydrogen) atoms. The summed E-state index contributed by atoms with van der Waals surface area (Å²) >= 11 is 0. The summed E-state index contributed by atoms with van der Waals surface area (Å²) in [7, 11) is 1.31. The summed E-state index contributed by atoms with van der Waals surface area (Å²) < 4.78 is 54.8. The van der Waals surface area contributed by atoms with Crippen molar-refractivity contribution in [2.45, 2.75) is 11.7 Å². The molecule has 1 unspecified atom stereocenters. The zero-order valence-electron chi connectivity index (χ0n) is 16.9. The summed E-state index contributed by atoms with van der Waals surface area (Å²) in [5.41, 5.74) is 3.14. The fourth-order valence-corrected chi connectivity index (χ4v) is 3.62. The van der Waals surface area contributed by atoms with Gasteiger partial charge in [-0.15, -0.1) is 0 Å². The second kappa shape index (κ2) is 7.67. The molecule has 1 amide bonds. The number of aliphatic imine (C=N–C) groups is 1. The molecular weight excluding hydrogens is 440 g/mol. The number of pyridine rings is 2. The Kier molecular flexibility index (Phi) is 5.08. The monoisotopic (exact) mass is 454 g/mol. The summed E-state index contributed by atoms with van der Waals surface area (Å²) in [6.07, 6.45) is -1.17. The summed E-state index contributed by atoms with van der Waals surface area (Å²) in [6.45, 7) is 0. The number of aromatic nitrogens is 2. The number of carbonyl (C=O) groups excluding carboxylic acids is 1. The van der Waals surface area contributed by atoms with Crippen molar-refractivity contribution in [1.29, 1.82) is 5.26 Å². The molecule has 2 aromatic heterocycles. The van der Waals surface area contributed by atoms with Crippen LogP contribution in [0.1, 0.15) is 22.4 Å². The number of nitriles is 1. The Labute approximate surface area is 184 Å². The van der Waals surface area contributed by atoms with Crippen LogP contribution in [0.3, 0.4) is 0 Å². The van der Waals surface area contributed by atoms with E-state index in [1.54, 1.807) is 0 Å². The molecule has 3 aromatic rings. The molecule has 0 fully saturated rings. The smallest absolute Gasteiger partial charge is 0.369 e. The molecule has 7 nitrogen and oxygen atoms in total. The lowest BCUT2D eigenvalue weighted by atomic mass is 9.81. The van der Waals surface area contributed by atoms with Gasteiger partial charge in [-0.2, -0.15) is 18.4 Å². The minimum atomic E-state index is -4.78. The van der Waals surface area contributed by atoms with Gasteiger partial charge in [0.2, 0.25) is 0 Å². The van der Waals surface area contributed by atoms with Gasteiger partial charge in [-0.1, -0.05) is 0 Å². The van der Waals surface area contributed by atoms with E-state index in [0.717, 1.165) is 23.2 Å². The van der Waals surface area contributed by atoms with Crippen LogP contribution < -0.4 is 5.73 Å². The number of nitrogens with two attached hydrogens (primary N) is 1. The Balaban J connectivity index is 1.99. The average molecular weight is 454 g/mol. The number of hydrogen-bond acceptors (Lipinski definition) is 6. The van der Waals surface area contributed by atoms with E-state index in [4.69, 9.17) is 11.0 Å². The first-order valence-electron chi connectivity index (χ1n) is 9.40. The largest absolute Gasteiger partial charge is 0.433 e. The summed E-state index contributed by atoms with van der Waals surface area (Å²) in [5, 5.41) is 9.12. The lowest BCUT2D eigenvalue weighted by Gasteiger charge is -2.27. The van der Waals surface area contributed by atoms with Crippen LogP contribution in [-0.2, 0) is 16.5 Å². The van der Waals surface area contributed by atoms with Crippen molar-refractivity contribution in [1.82, 2.24) is 14.9 Å². The van der Waals surface area contributed by atoms with Crippen LogP contribution in [-0.4, -0.2) is 33.8 Å². The summed E-state index contributed by atoms with van der Waals surface area (Å²) in [5.74, 6) is -1.78. The van der Waals surface area contributed by atoms with Gasteiger partial charge in [0.1, 0.15) is 17.6 Å². The Hall–Kier alpha value is -4.33. The van der Waals surface area contributed by atoms with Crippen LogP contribution in [0, 0.1) is 17.1 Å². The number of hydrogen-bond donors (Lipinski definition) is 1. The molecule has 0 radical (unpaired) electrons. The van der Waals surface area contributed by atoms with Gasteiger partial charge in [-0.25, -0.2) is 9.38 Å². The molecule has 3 heterocycles. The average Bonchev–Trinajstić information content (AvgIpc) is 3.03. The van der Waals surface area contributed by atoms with Crippen molar-refractivity contribution in [3.63, 3.8) is 0 Å². The number of halogens is 4. The predicted molar refractivity (Wildman–Crippen MR) is 109 cm³/mol. The molecule has 1 aliphatic heterocycles. The predicted octanol–water partition coefficient (Wildman–Crippen LogP) is 3.20. The second-order valence-electron chi connectivity index (χ2n) is 7.27. The van der Waals surface area contributed by atoms with E-state index in [1.807, 2.05) is 6.07 Å². The van der Waals surface area contributed by atoms with E-state index in [-0.39, 0.29) is 28.2 Å². The van der Waals surface area contributed by atoms with Crippen molar-refractivity contribution in [2.24, 2.45) is 10.7 Å². The third-order valence-corrected chi connectivity index (χ3v) is 5.22. The molecule has 1 aliphatic rings. The molecule has 0 saturated carbocycles. The first kappa shape index (κ1) is 21.9. The maximum atomic E-state index is 14.7. The summed E-state index contributed by atoms with van der Waals surface area (Å²) in [6, 6.07) is 8.84. The molecule has 1 aromatic carbocycles. The number of alkyl halides is 3. The standard InChI is InChI=1S/C22H14F4N6O/c1-32-19(33)21(31-20(32)28,15-2-3-30-18(8-15)22(24,25)26)16-5-13(6-17(23)7-16)14-4-12(9-27)10-29-11-14/h2-8,10-11H,1H3,(H2,28,31). The lowest BCUT2D eigenvalue weighted by Crippen LogP contribution is -2.41. The van der Waals surface area contributed by atoms with Gasteiger partial charge in [0.05, 0.1) is 5.56 Å². The molecule has 1 atom stereocenters. The fourth-order valence-electron chi connectivity index (χ4n) is 3.62. The van der Waals surface area contributed by atoms with E-state index in [9.17, 15) is 22.4 Å². The van der Waals surface area contributed by atoms with Crippen LogP contribution in [0.5, 0.6) is 0 Å². The normalized spacial score (nSPS) is 18.2. The lowest BCUT2D eigenvalue weighted by molar-refractivity contribution is -0.141. The molecular formula is C22H14F4N6O. The van der Waals surface area contributed by atoms with E-state index in [2.05, 4.69) is 15.0 Å². The number of nitrogens with zero attached hydrogens (tertiary/aromatic N) is 5. The highest BCUT2D eigenvalue weighted by atomic mass is 19.4. The number of benzene rings is 1. The Morgan fingerprint density at radius 1 is 1.09 bits per heavy atom. The van der Waals surface area contributed by atoms with Gasteiger partial charge < -0.3 is 5.73 Å². The number of guanidine groups is 1. The minimum Gasteiger partial charge on any atom is -0.369 e. The third kappa shape index (κ3) is 3.65. The molecule has 4 rings (SSSR count). The fraction of sp³-hybridized carbons (Fsp3) is 0.136. The number of amides is 1. The molecule has 11 heteroatoms. The van der Waals surface area contributed by atoms with E-state index in [0.29, 0.717) is 11.6 Å². The first-order valence-corrected chi connectivity index (χ1v) is 9.40. The summed E-state index contributed by atoms with van der Waals surface area (Å²) in [4.78, 5) is 25.8. The molecule has 0 aliphatic carbocycles. The van der Waals surface area contributed by atoms with Crippen molar-refractivity contribution >= 4 is 11.9 Å². The van der Waals surface area contributed by atoms with Crippen molar-refractivity contribution in [3.05, 3.63) is 83.2 Å². The second-order valence-corrected chi connectivity index (χ2v) is 7.27. The van der Waals surface area contributed by atoms with Gasteiger partial charge in [0, 0.05) is 31.2 Å². The maximum absolute atomic E-state index is 14.7. The van der Waals surface area contributed by atoms with Gasteiger partial charge in [-0.05, 0) is 53.1 Å². The SMILES string of the molecule is CN1C(=O)C(c2cc(F)cc(-c3cncc(C#N)c3)c2)(c2ccnc(C(F)(F)F)c2)N=C1N. The zero-order chi connectivity index (χ0) is 24.0. The van der Waals surface area contributed by atoms with E-state index < -0.39 is 29.1 Å². The number of carbonyl (C=O) groups is 1. The highest BCUT2D eigenvalue weighted by Crippen LogP contribution is 2.42. The van der Waals surface area contributed by atoms with Gasteiger partial charge in [0.25, 0.3) is 5.91 Å². The van der Waals surface area contributed by atoms with Gasteiger partial charge >= 0.3 is 6.18 Å². The molecule has 0 spiro atoms. The Morgan fingerprint density at radius 3 is 2.48 bits per heavy atom. The van der Waals surface area contributed by atoms with E-state index >= 15 is 0 Å². The molecule has 0 bridgehead atoms. The maximum Gasteiger partial charge on any atom is 0.433 e. The zero-order valence-corrected chi connectivity index (χ0v) is 16.9. The molecule has 166 valence electrons. The van der Waals surface area contributed by atoms with Crippen molar-refractivity contribution in [3.8, 4) is 17.2 Å². The van der Waals surface area contributed by atoms with Crippen molar-refractivity contribution < 1.29 is 22.4 Å². The van der Waals surface area contributed by atoms with Crippen LogP contribution >= 0.6 is 0 Å². The Morgan fingerprint density at radius 2 is 1.85 bits per heavy atom. The number of likely N-dealkylation sites (N-methyl/N-ethyl adjacent to an activating group) is 1. The van der Waals surface area contributed by atoms with E-state index in [1.165, 1.54) is 37.6 Å². The van der Waals surface area contributed by atoms with Crippen LogP contribution in [0.2, 0.25) is 0 Å². The highest BCUT2D eigenvalue weighted by Gasteiger charge is 2.50. The molecule has 0 saturated heterocycles. The Bertz CT molecular complexity index is 1350. The highest BCUT2D eigenvalue weighted by molar-refractivity contribution is 6.09. The third-order valence-electron chi connectivity index (χ3n) is 5.22. The van der Waals surface area contributed by atoms with Gasteiger partial charge in [-0.3, -0.25) is 19.7 Å².